The van der Waals surface area contributed by atoms with Gasteiger partial charge in [-0.25, -0.2) is 0 Å². The maximum Gasteiger partial charge on any atom is 0.231 e. The summed E-state index contributed by atoms with van der Waals surface area (Å²) in [5.41, 5.74) is -0.322. The molecule has 1 aromatic carbocycles. The number of Topliss-reactive ketones (excluding diaryl/α,β-unsaturated/α-hetero) is 2. The molecule has 1 aliphatic heterocycles. The topological polar surface area (TPSA) is 93.1 Å². The van der Waals surface area contributed by atoms with Crippen molar-refractivity contribution in [1.29, 1.82) is 0 Å². The number of benzene rings is 1. The number of rotatable bonds is 1. The third-order valence-corrected chi connectivity index (χ3v) is 6.45. The van der Waals surface area contributed by atoms with Crippen LogP contribution < -0.4 is 4.74 Å². The van der Waals surface area contributed by atoms with Gasteiger partial charge >= 0.3 is 0 Å². The minimum absolute atomic E-state index is 0.0236. The normalized spacial score (nSPS) is 28.4. The molecule has 1 saturated carbocycles. The summed E-state index contributed by atoms with van der Waals surface area (Å²) in [5.74, 6) is -0.423. The molecule has 0 saturated heterocycles. The molecule has 2 aliphatic carbocycles. The first kappa shape index (κ1) is 17.9. The molecule has 0 aromatic heterocycles. The van der Waals surface area contributed by atoms with E-state index in [9.17, 15) is 19.8 Å². The molecule has 1 heterocycles. The third-order valence-electron chi connectivity index (χ3n) is 6.45. The van der Waals surface area contributed by atoms with Crippen molar-refractivity contribution in [2.75, 3.05) is 7.11 Å². The molecule has 27 heavy (non-hydrogen) atoms. The molecule has 2 N–H and O–H groups in total. The molecule has 2 atom stereocenters. The van der Waals surface area contributed by atoms with Crippen LogP contribution in [0.5, 0.6) is 17.2 Å². The first-order valence-corrected chi connectivity index (χ1v) is 9.20. The van der Waals surface area contributed by atoms with E-state index in [4.69, 9.17) is 9.47 Å². The minimum Gasteiger partial charge on any atom is -0.507 e. The zero-order valence-corrected chi connectivity index (χ0v) is 16.2. The summed E-state index contributed by atoms with van der Waals surface area (Å²) >= 11 is 0. The number of ether oxygens (including phenoxy) is 2. The molecular formula is C21H24O6. The van der Waals surface area contributed by atoms with Gasteiger partial charge < -0.3 is 19.7 Å². The monoisotopic (exact) mass is 372 g/mol. The Bertz CT molecular complexity index is 939. The second-order valence-corrected chi connectivity index (χ2v) is 8.51. The van der Waals surface area contributed by atoms with E-state index in [1.807, 2.05) is 13.8 Å². The molecule has 144 valence electrons. The fourth-order valence-electron chi connectivity index (χ4n) is 5.19. The molecule has 6 heteroatoms. The average molecular weight is 372 g/mol. The van der Waals surface area contributed by atoms with Crippen molar-refractivity contribution in [3.05, 3.63) is 28.0 Å². The van der Waals surface area contributed by atoms with Crippen molar-refractivity contribution in [1.82, 2.24) is 0 Å². The zero-order chi connectivity index (χ0) is 19.9. The van der Waals surface area contributed by atoms with E-state index in [0.29, 0.717) is 36.0 Å². The molecule has 0 spiro atoms. The van der Waals surface area contributed by atoms with Gasteiger partial charge in [0, 0.05) is 34.8 Å². The van der Waals surface area contributed by atoms with Crippen molar-refractivity contribution >= 4 is 11.6 Å². The van der Waals surface area contributed by atoms with Crippen molar-refractivity contribution in [3.8, 4) is 17.2 Å². The smallest absolute Gasteiger partial charge is 0.231 e. The van der Waals surface area contributed by atoms with Crippen LogP contribution in [0, 0.1) is 5.41 Å². The van der Waals surface area contributed by atoms with Crippen molar-refractivity contribution < 1.29 is 29.3 Å². The molecule has 0 bridgehead atoms. The van der Waals surface area contributed by atoms with Crippen LogP contribution in [0.2, 0.25) is 0 Å². The molecule has 6 nitrogen and oxygen atoms in total. The summed E-state index contributed by atoms with van der Waals surface area (Å²) in [6, 6.07) is 0. The number of phenols is 2. The molecule has 0 amide bonds. The molecule has 0 radical (unpaired) electrons. The van der Waals surface area contributed by atoms with Gasteiger partial charge in [0.25, 0.3) is 0 Å². The lowest BCUT2D eigenvalue weighted by molar-refractivity contribution is -0.127. The quantitative estimate of drug-likeness (QED) is 0.736. The summed E-state index contributed by atoms with van der Waals surface area (Å²) in [5, 5.41) is 22.0. The lowest BCUT2D eigenvalue weighted by atomic mass is 9.54. The molecule has 3 aliphatic rings. The minimum atomic E-state index is -0.916. The Morgan fingerprint density at radius 2 is 1.81 bits per heavy atom. The summed E-state index contributed by atoms with van der Waals surface area (Å²) < 4.78 is 11.2. The Hall–Kier alpha value is -2.50. The van der Waals surface area contributed by atoms with Crippen LogP contribution in [0.3, 0.4) is 0 Å². The highest BCUT2D eigenvalue weighted by Gasteiger charge is 2.56. The summed E-state index contributed by atoms with van der Waals surface area (Å²) in [4.78, 5) is 25.9. The Kier molecular flexibility index (Phi) is 3.49. The van der Waals surface area contributed by atoms with Crippen molar-refractivity contribution in [3.63, 3.8) is 0 Å². The Labute approximate surface area is 157 Å². The average Bonchev–Trinajstić information content (AvgIpc) is 3.00. The zero-order valence-electron chi connectivity index (χ0n) is 16.2. The van der Waals surface area contributed by atoms with Gasteiger partial charge in [-0.3, -0.25) is 9.59 Å². The predicted molar refractivity (Wildman–Crippen MR) is 97.3 cm³/mol. The predicted octanol–water partition coefficient (Wildman–Crippen LogP) is 3.16. The Morgan fingerprint density at radius 1 is 1.15 bits per heavy atom. The fourth-order valence-corrected chi connectivity index (χ4v) is 5.19. The van der Waals surface area contributed by atoms with Gasteiger partial charge in [-0.05, 0) is 32.8 Å². The first-order valence-electron chi connectivity index (χ1n) is 9.20. The van der Waals surface area contributed by atoms with Crippen LogP contribution >= 0.6 is 0 Å². The Balaban J connectivity index is 2.12. The van der Waals surface area contributed by atoms with E-state index >= 15 is 0 Å². The van der Waals surface area contributed by atoms with Crippen LogP contribution in [0.25, 0.3) is 0 Å². The number of fused-ring (bicyclic) bond motifs is 4. The highest BCUT2D eigenvalue weighted by molar-refractivity contribution is 6.15. The molecule has 1 aromatic rings. The highest BCUT2D eigenvalue weighted by atomic mass is 16.5. The largest absolute Gasteiger partial charge is 0.507 e. The van der Waals surface area contributed by atoms with Crippen LogP contribution in [-0.2, 0) is 21.4 Å². The maximum atomic E-state index is 13.3. The molecule has 1 fully saturated rings. The summed E-state index contributed by atoms with van der Waals surface area (Å²) in [7, 11) is 1.40. The summed E-state index contributed by atoms with van der Waals surface area (Å²) in [6.45, 7) is 7.29. The van der Waals surface area contributed by atoms with E-state index in [0.717, 1.165) is 0 Å². The molecule has 2 unspecified atom stereocenters. The van der Waals surface area contributed by atoms with Gasteiger partial charge in [-0.2, -0.15) is 0 Å². The lowest BCUT2D eigenvalue weighted by Crippen LogP contribution is -2.48. The van der Waals surface area contributed by atoms with Crippen molar-refractivity contribution in [2.45, 2.75) is 58.5 Å². The number of hydrogen-bond acceptors (Lipinski definition) is 6. The van der Waals surface area contributed by atoms with Crippen LogP contribution in [0.15, 0.2) is 11.3 Å². The van der Waals surface area contributed by atoms with Crippen LogP contribution in [0.4, 0.5) is 0 Å². The van der Waals surface area contributed by atoms with E-state index in [1.54, 1.807) is 13.8 Å². The van der Waals surface area contributed by atoms with Gasteiger partial charge in [0.15, 0.2) is 17.3 Å². The number of ketones is 2. The standard InChI is InChI=1S/C21H24O6/c1-9-8-10-14(23)12-13(16(25)17(10)27-9)21(4)7-6-11(22)20(2,3)19(21)18(26-5)15(12)24/h9,23,25H,6-8H2,1-5H3. The first-order chi connectivity index (χ1) is 12.6. The molecular weight excluding hydrogens is 348 g/mol. The van der Waals surface area contributed by atoms with E-state index in [-0.39, 0.29) is 40.5 Å². The van der Waals surface area contributed by atoms with Crippen LogP contribution in [-0.4, -0.2) is 35.0 Å². The van der Waals surface area contributed by atoms with Crippen molar-refractivity contribution in [2.24, 2.45) is 5.41 Å². The number of carbonyl (C=O) groups is 2. The molecule has 4 rings (SSSR count). The number of carbonyl (C=O) groups excluding carboxylic acids is 2. The lowest BCUT2D eigenvalue weighted by Gasteiger charge is -2.48. The van der Waals surface area contributed by atoms with Crippen LogP contribution in [0.1, 0.15) is 62.0 Å². The van der Waals surface area contributed by atoms with E-state index < -0.39 is 16.6 Å². The summed E-state index contributed by atoms with van der Waals surface area (Å²) in [6.07, 6.45) is 0.933. The number of phenolic OH excluding ortho intramolecular Hbond substituents is 2. The number of methoxy groups -OCH3 is 1. The van der Waals surface area contributed by atoms with E-state index in [1.165, 1.54) is 7.11 Å². The van der Waals surface area contributed by atoms with Gasteiger partial charge in [-0.15, -0.1) is 0 Å². The highest BCUT2D eigenvalue weighted by Crippen LogP contribution is 2.61. The Morgan fingerprint density at radius 3 is 2.44 bits per heavy atom. The maximum absolute atomic E-state index is 13.3. The second kappa shape index (κ2) is 5.27. The SMILES string of the molecule is COC1=C2C(C)(C)C(=O)CCC2(C)c2c(O)c3c(c(O)c2C1=O)CC(C)O3. The van der Waals surface area contributed by atoms with Gasteiger partial charge in [-0.1, -0.05) is 6.92 Å². The van der Waals surface area contributed by atoms with Gasteiger partial charge in [0.2, 0.25) is 5.78 Å². The third kappa shape index (κ3) is 2.01. The van der Waals surface area contributed by atoms with E-state index in [2.05, 4.69) is 0 Å². The number of hydrogen-bond donors (Lipinski definition) is 2. The number of allylic oxidation sites excluding steroid dienone is 2. The fraction of sp³-hybridized carbons (Fsp3) is 0.524. The van der Waals surface area contributed by atoms with Gasteiger partial charge in [0.05, 0.1) is 12.7 Å². The van der Waals surface area contributed by atoms with Gasteiger partial charge in [0.1, 0.15) is 17.6 Å². The number of aromatic hydroxyl groups is 2. The second-order valence-electron chi connectivity index (χ2n) is 8.51.